The second-order valence-electron chi connectivity index (χ2n) is 9.28. The average molecular weight is 448 g/mol. The van der Waals surface area contributed by atoms with Crippen molar-refractivity contribution in [3.8, 4) is 6.07 Å². The van der Waals surface area contributed by atoms with E-state index < -0.39 is 11.7 Å². The number of likely N-dealkylation sites (tertiary alicyclic amines) is 1. The topological polar surface area (TPSA) is 90.4 Å². The molecule has 1 saturated carbocycles. The van der Waals surface area contributed by atoms with Crippen LogP contribution in [-0.4, -0.2) is 42.9 Å². The summed E-state index contributed by atoms with van der Waals surface area (Å²) in [7, 11) is 0. The fourth-order valence-electron chi connectivity index (χ4n) is 5.16. The maximum absolute atomic E-state index is 13.3. The van der Waals surface area contributed by atoms with Crippen molar-refractivity contribution in [1.82, 2.24) is 4.90 Å². The Morgan fingerprint density at radius 1 is 1.12 bits per heavy atom. The van der Waals surface area contributed by atoms with E-state index in [-0.39, 0.29) is 35.1 Å². The number of nitriles is 1. The smallest absolute Gasteiger partial charge is 0.372 e. The van der Waals surface area contributed by atoms with E-state index in [4.69, 9.17) is 11.0 Å². The lowest BCUT2D eigenvalue weighted by atomic mass is 9.78. The number of piperidine rings is 1. The molecule has 2 atom stereocenters. The molecule has 2 saturated heterocycles. The number of hydrogen-bond donors (Lipinski definition) is 1. The molecule has 3 aliphatic rings. The fraction of sp³-hybridized carbons (Fsp3) is 0.609. The molecule has 0 spiro atoms. The van der Waals surface area contributed by atoms with Gasteiger partial charge in [0.25, 0.3) is 0 Å². The molecular weight excluding hydrogens is 421 g/mol. The molecule has 1 aromatic carbocycles. The molecule has 9 heteroatoms. The van der Waals surface area contributed by atoms with Crippen molar-refractivity contribution in [2.75, 3.05) is 31.1 Å². The quantitative estimate of drug-likeness (QED) is 0.749. The van der Waals surface area contributed by atoms with Gasteiger partial charge < -0.3 is 15.5 Å². The van der Waals surface area contributed by atoms with E-state index in [1.54, 1.807) is 17.0 Å². The Balaban J connectivity index is 1.42. The molecule has 4 rings (SSSR count). The summed E-state index contributed by atoms with van der Waals surface area (Å²) in [6.07, 6.45) is -0.454. The van der Waals surface area contributed by atoms with Crippen molar-refractivity contribution in [3.63, 3.8) is 0 Å². The molecule has 2 heterocycles. The zero-order chi connectivity index (χ0) is 23.0. The van der Waals surface area contributed by atoms with Crippen molar-refractivity contribution in [3.05, 3.63) is 29.3 Å². The summed E-state index contributed by atoms with van der Waals surface area (Å²) in [5, 5.41) is 8.99. The van der Waals surface area contributed by atoms with Gasteiger partial charge in [0.1, 0.15) is 0 Å². The molecule has 32 heavy (non-hydrogen) atoms. The molecule has 6 nitrogen and oxygen atoms in total. The van der Waals surface area contributed by atoms with Gasteiger partial charge in [0.2, 0.25) is 11.8 Å². The van der Waals surface area contributed by atoms with Gasteiger partial charge in [0.15, 0.2) is 0 Å². The number of carbonyl (C=O) groups excluding carboxylic acids is 2. The molecule has 172 valence electrons. The third-order valence-corrected chi connectivity index (χ3v) is 7.18. The molecular formula is C23H27F3N4O2. The van der Waals surface area contributed by atoms with Crippen LogP contribution in [-0.2, 0) is 15.8 Å². The third kappa shape index (κ3) is 4.69. The molecule has 2 N–H and O–H groups in total. The number of rotatable bonds is 5. The van der Waals surface area contributed by atoms with Crippen molar-refractivity contribution < 1.29 is 22.8 Å². The SMILES string of the molecule is N#Cc1ccc(N2CCC([C@@H]3CN(C(=O)CC4CC4)C[C@H]3C(N)=O)CC2)cc1C(F)(F)F. The van der Waals surface area contributed by atoms with E-state index in [0.717, 1.165) is 18.9 Å². The van der Waals surface area contributed by atoms with Crippen molar-refractivity contribution >= 4 is 17.5 Å². The number of hydrogen-bond acceptors (Lipinski definition) is 4. The second-order valence-corrected chi connectivity index (χ2v) is 9.28. The third-order valence-electron chi connectivity index (χ3n) is 7.18. The molecule has 2 aliphatic heterocycles. The molecule has 3 fully saturated rings. The normalized spacial score (nSPS) is 24.4. The summed E-state index contributed by atoms with van der Waals surface area (Å²) in [6.45, 7) is 1.99. The van der Waals surface area contributed by atoms with Crippen molar-refractivity contribution in [1.29, 1.82) is 5.26 Å². The van der Waals surface area contributed by atoms with Crippen LogP contribution in [0.5, 0.6) is 0 Å². The number of halogens is 3. The van der Waals surface area contributed by atoms with Crippen LogP contribution in [0.3, 0.4) is 0 Å². The van der Waals surface area contributed by atoms with Gasteiger partial charge in [-0.05, 0) is 61.6 Å². The Hall–Kier alpha value is -2.76. The number of primary amides is 1. The summed E-state index contributed by atoms with van der Waals surface area (Å²) in [6, 6.07) is 5.41. The highest BCUT2D eigenvalue weighted by molar-refractivity contribution is 5.81. The van der Waals surface area contributed by atoms with Gasteiger partial charge in [0, 0.05) is 38.3 Å². The predicted octanol–water partition coefficient (Wildman–Crippen LogP) is 3.15. The monoisotopic (exact) mass is 448 g/mol. The van der Waals surface area contributed by atoms with Crippen LogP contribution in [0.2, 0.25) is 0 Å². The fourth-order valence-corrected chi connectivity index (χ4v) is 5.16. The Bertz CT molecular complexity index is 930. The number of carbonyl (C=O) groups is 2. The lowest BCUT2D eigenvalue weighted by Crippen LogP contribution is -2.40. The number of anilines is 1. The van der Waals surface area contributed by atoms with E-state index in [0.29, 0.717) is 57.0 Å². The molecule has 0 bridgehead atoms. The maximum atomic E-state index is 13.3. The van der Waals surface area contributed by atoms with Gasteiger partial charge in [-0.3, -0.25) is 9.59 Å². The minimum absolute atomic E-state index is 0.00972. The van der Waals surface area contributed by atoms with E-state index in [2.05, 4.69) is 0 Å². The Morgan fingerprint density at radius 3 is 2.38 bits per heavy atom. The molecule has 0 unspecified atom stereocenters. The first kappa shape index (κ1) is 22.4. The van der Waals surface area contributed by atoms with Gasteiger partial charge in [-0.25, -0.2) is 0 Å². The Morgan fingerprint density at radius 2 is 1.81 bits per heavy atom. The van der Waals surface area contributed by atoms with E-state index in [1.807, 2.05) is 4.90 Å². The van der Waals surface area contributed by atoms with Gasteiger partial charge in [-0.15, -0.1) is 0 Å². The van der Waals surface area contributed by atoms with Crippen LogP contribution in [0.4, 0.5) is 18.9 Å². The van der Waals surface area contributed by atoms with Crippen LogP contribution in [0.15, 0.2) is 18.2 Å². The highest BCUT2D eigenvalue weighted by Gasteiger charge is 2.44. The lowest BCUT2D eigenvalue weighted by Gasteiger charge is -2.37. The number of alkyl halides is 3. The first-order chi connectivity index (χ1) is 15.2. The molecule has 0 aromatic heterocycles. The molecule has 1 aromatic rings. The first-order valence-electron chi connectivity index (χ1n) is 11.1. The van der Waals surface area contributed by atoms with Gasteiger partial charge in [0.05, 0.1) is 23.1 Å². The Kier molecular flexibility index (Phi) is 6.06. The lowest BCUT2D eigenvalue weighted by molar-refractivity contribution is -0.137. The average Bonchev–Trinajstić information content (AvgIpc) is 3.45. The first-order valence-corrected chi connectivity index (χ1v) is 11.1. The van der Waals surface area contributed by atoms with Gasteiger partial charge >= 0.3 is 6.18 Å². The van der Waals surface area contributed by atoms with Crippen molar-refractivity contribution in [2.45, 2.75) is 38.3 Å². The summed E-state index contributed by atoms with van der Waals surface area (Å²) in [5.74, 6) is -0.0169. The number of nitrogens with two attached hydrogens (primary N) is 1. The van der Waals surface area contributed by atoms with Gasteiger partial charge in [-0.1, -0.05) is 0 Å². The standard InChI is InChI=1S/C23H27F3N4O2/c24-23(25,26)20-10-17(4-3-16(20)11-27)29-7-5-15(6-8-29)18-12-30(13-19(18)22(28)32)21(31)9-14-1-2-14/h3-4,10,14-15,18-19H,1-2,5-9,12-13H2,(H2,28,32)/t18-,19+/m0/s1. The highest BCUT2D eigenvalue weighted by atomic mass is 19.4. The van der Waals surface area contributed by atoms with Crippen LogP contribution in [0.25, 0.3) is 0 Å². The van der Waals surface area contributed by atoms with Crippen molar-refractivity contribution in [2.24, 2.45) is 29.4 Å². The van der Waals surface area contributed by atoms with Gasteiger partial charge in [-0.2, -0.15) is 18.4 Å². The van der Waals surface area contributed by atoms with Crippen LogP contribution in [0, 0.1) is 35.0 Å². The number of benzene rings is 1. The predicted molar refractivity (Wildman–Crippen MR) is 111 cm³/mol. The highest BCUT2D eigenvalue weighted by Crippen LogP contribution is 2.40. The summed E-state index contributed by atoms with van der Waals surface area (Å²) >= 11 is 0. The summed E-state index contributed by atoms with van der Waals surface area (Å²) in [5.41, 5.74) is 4.78. The zero-order valence-corrected chi connectivity index (χ0v) is 17.8. The van der Waals surface area contributed by atoms with Crippen LogP contribution < -0.4 is 10.6 Å². The Labute approximate surface area is 185 Å². The van der Waals surface area contributed by atoms with E-state index in [9.17, 15) is 22.8 Å². The zero-order valence-electron chi connectivity index (χ0n) is 17.8. The number of nitrogens with zero attached hydrogens (tertiary/aromatic N) is 3. The maximum Gasteiger partial charge on any atom is 0.417 e. The largest absolute Gasteiger partial charge is 0.417 e. The van der Waals surface area contributed by atoms with Crippen LogP contribution >= 0.6 is 0 Å². The van der Waals surface area contributed by atoms with E-state index >= 15 is 0 Å². The second kappa shape index (κ2) is 8.64. The van der Waals surface area contributed by atoms with E-state index in [1.165, 1.54) is 6.07 Å². The summed E-state index contributed by atoms with van der Waals surface area (Å²) in [4.78, 5) is 28.3. The summed E-state index contributed by atoms with van der Waals surface area (Å²) < 4.78 is 39.9. The number of amides is 2. The molecule has 1 aliphatic carbocycles. The van der Waals surface area contributed by atoms with Crippen LogP contribution in [0.1, 0.15) is 43.2 Å². The minimum Gasteiger partial charge on any atom is -0.372 e. The molecule has 2 amide bonds. The minimum atomic E-state index is -4.59. The molecule has 0 radical (unpaired) electrons.